The number of H-pyrrole nitrogens is 1. The zero-order chi connectivity index (χ0) is 16.9. The van der Waals surface area contributed by atoms with E-state index in [-0.39, 0.29) is 5.71 Å². The van der Waals surface area contributed by atoms with E-state index >= 15 is 0 Å². The molecule has 1 aliphatic heterocycles. The number of nitrogens with zero attached hydrogens (tertiary/aromatic N) is 3. The summed E-state index contributed by atoms with van der Waals surface area (Å²) in [6, 6.07) is 4.29. The zero-order valence-corrected chi connectivity index (χ0v) is 14.5. The van der Waals surface area contributed by atoms with Crippen LogP contribution in [0.2, 0.25) is 0 Å². The Morgan fingerprint density at radius 3 is 2.92 bits per heavy atom. The number of hydrogen-bond donors (Lipinski definition) is 2. The van der Waals surface area contributed by atoms with Gasteiger partial charge in [-0.05, 0) is 31.3 Å². The smallest absolute Gasteiger partial charge is 0.167 e. The summed E-state index contributed by atoms with van der Waals surface area (Å²) in [4.78, 5) is 25.3. The van der Waals surface area contributed by atoms with Crippen LogP contribution in [-0.4, -0.2) is 65.0 Å². The highest BCUT2D eigenvalue weighted by Gasteiger charge is 2.15. The summed E-state index contributed by atoms with van der Waals surface area (Å²) in [5, 5.41) is 7.29. The lowest BCUT2D eigenvalue weighted by Crippen LogP contribution is -2.43. The molecule has 7 heteroatoms. The number of imidazole rings is 1. The van der Waals surface area contributed by atoms with E-state index in [2.05, 4.69) is 38.9 Å². The monoisotopic (exact) mass is 343 g/mol. The van der Waals surface area contributed by atoms with E-state index in [0.29, 0.717) is 12.1 Å². The fraction of sp³-hybridized carbons (Fsp3) is 0.353. The zero-order valence-electron chi connectivity index (χ0n) is 13.7. The minimum atomic E-state index is -0.0708. The van der Waals surface area contributed by atoms with Crippen LogP contribution >= 0.6 is 11.3 Å². The number of likely N-dealkylation sites (N-methyl/N-ethyl adjacent to an activating group) is 1. The molecule has 0 aliphatic carbocycles. The van der Waals surface area contributed by atoms with E-state index in [1.165, 1.54) is 11.0 Å². The quantitative estimate of drug-likeness (QED) is 0.622. The molecule has 0 unspecified atom stereocenters. The maximum atomic E-state index is 10.4. The van der Waals surface area contributed by atoms with Crippen LogP contribution in [-0.2, 0) is 11.3 Å². The summed E-state index contributed by atoms with van der Waals surface area (Å²) in [6.45, 7) is 5.49. The van der Waals surface area contributed by atoms with Gasteiger partial charge in [-0.3, -0.25) is 15.1 Å². The van der Waals surface area contributed by atoms with Gasteiger partial charge in [0.15, 0.2) is 6.29 Å². The average Bonchev–Trinajstić information content (AvgIpc) is 3.24. The van der Waals surface area contributed by atoms with Gasteiger partial charge in [-0.2, -0.15) is 0 Å². The Kier molecular flexibility index (Phi) is 5.34. The molecule has 126 valence electrons. The lowest BCUT2D eigenvalue weighted by atomic mass is 10.3. The average molecular weight is 343 g/mol. The molecule has 0 radical (unpaired) electrons. The van der Waals surface area contributed by atoms with Gasteiger partial charge in [0, 0.05) is 37.6 Å². The molecule has 1 fully saturated rings. The Morgan fingerprint density at radius 2 is 2.17 bits per heavy atom. The van der Waals surface area contributed by atoms with E-state index in [1.54, 1.807) is 23.6 Å². The number of aromatic amines is 1. The highest BCUT2D eigenvalue weighted by molar-refractivity contribution is 7.15. The van der Waals surface area contributed by atoms with Crippen LogP contribution in [0.15, 0.2) is 24.4 Å². The van der Waals surface area contributed by atoms with E-state index in [0.717, 1.165) is 43.3 Å². The number of carbonyl (C=O) groups is 1. The van der Waals surface area contributed by atoms with Crippen LogP contribution in [0.4, 0.5) is 0 Å². The molecule has 0 bridgehead atoms. The molecule has 2 N–H and O–H groups in total. The summed E-state index contributed by atoms with van der Waals surface area (Å²) < 4.78 is 0. The van der Waals surface area contributed by atoms with Crippen molar-refractivity contribution < 1.29 is 4.79 Å². The number of carbonyl (C=O) groups excluding carboxylic acids is 1. The van der Waals surface area contributed by atoms with Gasteiger partial charge in [0.05, 0.1) is 22.5 Å². The van der Waals surface area contributed by atoms with Crippen LogP contribution in [0.1, 0.15) is 10.7 Å². The molecule has 0 aromatic carbocycles. The second-order valence-corrected chi connectivity index (χ2v) is 7.10. The third kappa shape index (κ3) is 4.25. The predicted molar refractivity (Wildman–Crippen MR) is 97.5 cm³/mol. The summed E-state index contributed by atoms with van der Waals surface area (Å²) in [7, 11) is 2.17. The van der Waals surface area contributed by atoms with Crippen LogP contribution in [0.5, 0.6) is 0 Å². The number of rotatable bonds is 6. The molecule has 0 atom stereocenters. The molecule has 3 rings (SSSR count). The Morgan fingerprint density at radius 1 is 1.38 bits per heavy atom. The van der Waals surface area contributed by atoms with Gasteiger partial charge in [0.2, 0.25) is 0 Å². The lowest BCUT2D eigenvalue weighted by molar-refractivity contribution is -0.102. The molecule has 2 aromatic rings. The molecule has 2 aromatic heterocycles. The Bertz CT molecular complexity index is 740. The summed E-state index contributed by atoms with van der Waals surface area (Å²) in [5.41, 5.74) is 0.889. The van der Waals surface area contributed by atoms with Gasteiger partial charge in [-0.25, -0.2) is 4.98 Å². The van der Waals surface area contributed by atoms with E-state index < -0.39 is 0 Å². The molecule has 0 amide bonds. The van der Waals surface area contributed by atoms with Crippen molar-refractivity contribution in [2.75, 3.05) is 33.2 Å². The number of nitrogens with one attached hydrogen (secondary N) is 2. The van der Waals surface area contributed by atoms with Crippen molar-refractivity contribution in [1.29, 1.82) is 5.41 Å². The minimum absolute atomic E-state index is 0.0708. The van der Waals surface area contributed by atoms with Gasteiger partial charge < -0.3 is 9.88 Å². The molecular formula is C17H21N5OS. The summed E-state index contributed by atoms with van der Waals surface area (Å²) >= 11 is 1.77. The standard InChI is InChI=1S/C17H21N5OS/c1-21-6-8-22(9-7-21)11-14-3-4-16(24-14)15-10-19-17(20-15)5-2-13(18)12-23/h2-5,10,12,18H,6-9,11H2,1H3,(H,19,20)/b5-2-,18-13?. The highest BCUT2D eigenvalue weighted by atomic mass is 32.1. The molecule has 3 heterocycles. The van der Waals surface area contributed by atoms with Crippen LogP contribution in [0.3, 0.4) is 0 Å². The minimum Gasteiger partial charge on any atom is -0.338 e. The fourth-order valence-electron chi connectivity index (χ4n) is 2.59. The van der Waals surface area contributed by atoms with Crippen molar-refractivity contribution in [2.24, 2.45) is 0 Å². The number of aromatic nitrogens is 2. The Labute approximate surface area is 145 Å². The lowest BCUT2D eigenvalue weighted by Gasteiger charge is -2.31. The second-order valence-electron chi connectivity index (χ2n) is 5.93. The first-order valence-corrected chi connectivity index (χ1v) is 8.72. The van der Waals surface area contributed by atoms with Gasteiger partial charge in [0.25, 0.3) is 0 Å². The molecule has 1 saturated heterocycles. The maximum Gasteiger partial charge on any atom is 0.167 e. The van der Waals surface area contributed by atoms with Gasteiger partial charge in [0.1, 0.15) is 5.82 Å². The van der Waals surface area contributed by atoms with Crippen LogP contribution in [0.25, 0.3) is 16.6 Å². The van der Waals surface area contributed by atoms with Gasteiger partial charge in [-0.15, -0.1) is 11.3 Å². The summed E-state index contributed by atoms with van der Waals surface area (Å²) in [6.07, 6.45) is 5.36. The van der Waals surface area contributed by atoms with Crippen molar-refractivity contribution in [2.45, 2.75) is 6.54 Å². The molecule has 0 saturated carbocycles. The Hall–Kier alpha value is -2.09. The van der Waals surface area contributed by atoms with Gasteiger partial charge >= 0.3 is 0 Å². The third-order valence-electron chi connectivity index (χ3n) is 4.05. The highest BCUT2D eigenvalue weighted by Crippen LogP contribution is 2.28. The van der Waals surface area contributed by atoms with E-state index in [1.807, 2.05) is 0 Å². The largest absolute Gasteiger partial charge is 0.338 e. The number of hydrogen-bond acceptors (Lipinski definition) is 6. The maximum absolute atomic E-state index is 10.4. The van der Waals surface area contributed by atoms with Crippen LogP contribution in [0, 0.1) is 5.41 Å². The van der Waals surface area contributed by atoms with E-state index in [4.69, 9.17) is 5.41 Å². The fourth-order valence-corrected chi connectivity index (χ4v) is 3.60. The Balaban J connectivity index is 1.63. The first kappa shape index (κ1) is 16.8. The molecular weight excluding hydrogens is 322 g/mol. The SMILES string of the molecule is CN1CCN(Cc2ccc(-c3cnc(/C=C\C(=N)C=O)[nH]3)s2)CC1. The normalized spacial score (nSPS) is 16.7. The van der Waals surface area contributed by atoms with Gasteiger partial charge in [-0.1, -0.05) is 0 Å². The summed E-state index contributed by atoms with van der Waals surface area (Å²) in [5.74, 6) is 0.644. The van der Waals surface area contributed by atoms with Crippen molar-refractivity contribution in [3.05, 3.63) is 35.1 Å². The number of thiophene rings is 1. The molecule has 24 heavy (non-hydrogen) atoms. The number of aldehydes is 1. The van der Waals surface area contributed by atoms with Crippen LogP contribution < -0.4 is 0 Å². The topological polar surface area (TPSA) is 76.1 Å². The third-order valence-corrected chi connectivity index (χ3v) is 5.15. The van der Waals surface area contributed by atoms with E-state index in [9.17, 15) is 4.79 Å². The second kappa shape index (κ2) is 7.65. The van der Waals surface area contributed by atoms with Crippen molar-refractivity contribution in [1.82, 2.24) is 19.8 Å². The number of allylic oxidation sites excluding steroid dienone is 1. The predicted octanol–water partition coefficient (Wildman–Crippen LogP) is 2.12. The van der Waals surface area contributed by atoms with Crippen molar-refractivity contribution >= 4 is 29.4 Å². The first-order valence-electron chi connectivity index (χ1n) is 7.91. The number of piperazine rings is 1. The molecule has 0 spiro atoms. The molecule has 6 nitrogen and oxygen atoms in total. The first-order chi connectivity index (χ1) is 11.6. The van der Waals surface area contributed by atoms with Crippen molar-refractivity contribution in [3.8, 4) is 10.6 Å². The van der Waals surface area contributed by atoms with Crippen molar-refractivity contribution in [3.63, 3.8) is 0 Å². The molecule has 1 aliphatic rings.